The molecule has 0 radical (unpaired) electrons. The Morgan fingerprint density at radius 2 is 1.83 bits per heavy atom. The highest BCUT2D eigenvalue weighted by molar-refractivity contribution is 14.1. The van der Waals surface area contributed by atoms with Crippen molar-refractivity contribution in [3.63, 3.8) is 0 Å². The molecule has 2 aromatic rings. The molecule has 0 amide bonds. The van der Waals surface area contributed by atoms with Crippen LogP contribution < -0.4 is 5.32 Å². The molecule has 0 aliphatic carbocycles. The van der Waals surface area contributed by atoms with E-state index in [2.05, 4.69) is 27.9 Å². The average molecular weight is 479 g/mol. The number of nitrogens with one attached hydrogen (secondary N) is 1. The van der Waals surface area contributed by atoms with Gasteiger partial charge in [-0.3, -0.25) is 4.79 Å². The molecule has 0 heterocycles. The van der Waals surface area contributed by atoms with Crippen LogP contribution in [0.1, 0.15) is 11.1 Å². The van der Waals surface area contributed by atoms with E-state index in [1.54, 1.807) is 0 Å². The van der Waals surface area contributed by atoms with Crippen LogP contribution in [-0.4, -0.2) is 28.3 Å². The SMILES string of the molecule is O=C(CNCc1ccc(I)c(Cl)c1)C[P+](O)(O)Cc1ccccc1. The monoisotopic (exact) mass is 478 g/mol. The maximum Gasteiger partial charge on any atom is 0.279 e. The van der Waals surface area contributed by atoms with Gasteiger partial charge >= 0.3 is 0 Å². The first-order chi connectivity index (χ1) is 11.4. The van der Waals surface area contributed by atoms with Crippen molar-refractivity contribution in [1.82, 2.24) is 5.32 Å². The smallest absolute Gasteiger partial charge is 0.279 e. The molecule has 0 saturated heterocycles. The molecule has 7 heteroatoms. The van der Waals surface area contributed by atoms with Crippen LogP contribution in [0.3, 0.4) is 0 Å². The molecule has 0 unspecified atom stereocenters. The van der Waals surface area contributed by atoms with Crippen LogP contribution in [0.4, 0.5) is 0 Å². The van der Waals surface area contributed by atoms with Gasteiger partial charge in [-0.05, 0) is 45.9 Å². The summed E-state index contributed by atoms with van der Waals surface area (Å²) in [6.07, 6.45) is -0.0748. The highest BCUT2D eigenvalue weighted by atomic mass is 127. The Kier molecular flexibility index (Phi) is 7.60. The van der Waals surface area contributed by atoms with E-state index in [0.717, 1.165) is 14.7 Å². The normalized spacial score (nSPS) is 11.5. The number of halogens is 2. The number of carbonyl (C=O) groups is 1. The molecule has 0 aliphatic heterocycles. The van der Waals surface area contributed by atoms with Crippen molar-refractivity contribution in [1.29, 1.82) is 0 Å². The van der Waals surface area contributed by atoms with E-state index < -0.39 is 7.72 Å². The van der Waals surface area contributed by atoms with Crippen LogP contribution >= 0.6 is 41.9 Å². The lowest BCUT2D eigenvalue weighted by Crippen LogP contribution is -2.26. The Bertz CT molecular complexity index is 697. The van der Waals surface area contributed by atoms with Crippen molar-refractivity contribution in [2.75, 3.05) is 12.7 Å². The van der Waals surface area contributed by atoms with E-state index >= 15 is 0 Å². The second-order valence-electron chi connectivity index (χ2n) is 5.57. The third-order valence-corrected chi connectivity index (χ3v) is 6.65. The van der Waals surface area contributed by atoms with Gasteiger partial charge in [0, 0.05) is 10.1 Å². The average Bonchev–Trinajstić information content (AvgIpc) is 2.50. The summed E-state index contributed by atoms with van der Waals surface area (Å²) in [6.45, 7) is 0.602. The summed E-state index contributed by atoms with van der Waals surface area (Å²) in [6, 6.07) is 14.9. The Balaban J connectivity index is 1.78. The quantitative estimate of drug-likeness (QED) is 0.400. The first kappa shape index (κ1) is 19.8. The second-order valence-corrected chi connectivity index (χ2v) is 9.53. The van der Waals surface area contributed by atoms with E-state index in [4.69, 9.17) is 11.6 Å². The minimum absolute atomic E-state index is 0.0985. The maximum absolute atomic E-state index is 12.0. The van der Waals surface area contributed by atoms with Gasteiger partial charge in [-0.2, -0.15) is 0 Å². The van der Waals surface area contributed by atoms with Crippen LogP contribution in [0.15, 0.2) is 48.5 Å². The Hall–Kier alpha value is -0.560. The lowest BCUT2D eigenvalue weighted by Gasteiger charge is -2.12. The number of carbonyl (C=O) groups excluding carboxylic acids is 1. The molecule has 2 rings (SSSR count). The van der Waals surface area contributed by atoms with Gasteiger partial charge in [0.2, 0.25) is 0 Å². The van der Waals surface area contributed by atoms with Crippen LogP contribution in [0, 0.1) is 3.57 Å². The zero-order valence-corrected chi connectivity index (χ0v) is 16.8. The highest BCUT2D eigenvalue weighted by Gasteiger charge is 2.36. The Morgan fingerprint density at radius 1 is 1.12 bits per heavy atom. The van der Waals surface area contributed by atoms with E-state index in [9.17, 15) is 14.6 Å². The van der Waals surface area contributed by atoms with Gasteiger partial charge in [0.25, 0.3) is 7.72 Å². The molecule has 2 aromatic carbocycles. The summed E-state index contributed by atoms with van der Waals surface area (Å²) in [7, 11) is -3.26. The first-order valence-corrected chi connectivity index (χ1v) is 10.9. The fourth-order valence-corrected chi connectivity index (χ4v) is 4.39. The second kappa shape index (κ2) is 9.22. The molecule has 0 saturated carbocycles. The summed E-state index contributed by atoms with van der Waals surface area (Å²) in [4.78, 5) is 32.2. The van der Waals surface area contributed by atoms with Crippen molar-refractivity contribution < 1.29 is 14.6 Å². The predicted octanol–water partition coefficient (Wildman–Crippen LogP) is 3.64. The minimum atomic E-state index is -3.26. The van der Waals surface area contributed by atoms with Gasteiger partial charge in [-0.25, -0.2) is 9.79 Å². The molecule has 3 N–H and O–H groups in total. The molecule has 0 fully saturated rings. The van der Waals surface area contributed by atoms with Gasteiger partial charge in [0.1, 0.15) is 6.16 Å². The van der Waals surface area contributed by atoms with Gasteiger partial charge in [-0.1, -0.05) is 48.0 Å². The molecule has 0 bridgehead atoms. The number of benzene rings is 2. The molecular weight excluding hydrogens is 460 g/mol. The minimum Gasteiger partial charge on any atom is -0.306 e. The molecule has 24 heavy (non-hydrogen) atoms. The molecule has 0 atom stereocenters. The highest BCUT2D eigenvalue weighted by Crippen LogP contribution is 2.52. The predicted molar refractivity (Wildman–Crippen MR) is 107 cm³/mol. The van der Waals surface area contributed by atoms with E-state index in [0.29, 0.717) is 11.6 Å². The number of hydrogen-bond acceptors (Lipinski definition) is 4. The molecule has 4 nitrogen and oxygen atoms in total. The summed E-state index contributed by atoms with van der Waals surface area (Å²) in [5.41, 5.74) is 1.80. The Labute approximate surface area is 160 Å². The molecule has 0 aromatic heterocycles. The molecule has 0 aliphatic rings. The van der Waals surface area contributed by atoms with Gasteiger partial charge in [0.05, 0.1) is 11.6 Å². The van der Waals surface area contributed by atoms with Crippen LogP contribution in [-0.2, 0) is 17.5 Å². The van der Waals surface area contributed by atoms with Crippen LogP contribution in [0.25, 0.3) is 0 Å². The van der Waals surface area contributed by atoms with Crippen molar-refractivity contribution in [3.05, 3.63) is 68.3 Å². The van der Waals surface area contributed by atoms with E-state index in [-0.39, 0.29) is 24.7 Å². The largest absolute Gasteiger partial charge is 0.306 e. The molecule has 128 valence electrons. The zero-order chi connectivity index (χ0) is 17.6. The summed E-state index contributed by atoms with van der Waals surface area (Å²) < 4.78 is 0.977. The van der Waals surface area contributed by atoms with Crippen molar-refractivity contribution >= 4 is 47.7 Å². The number of ketones is 1. The van der Waals surface area contributed by atoms with Gasteiger partial charge in [-0.15, -0.1) is 0 Å². The third kappa shape index (κ3) is 6.75. The zero-order valence-electron chi connectivity index (χ0n) is 13.0. The lowest BCUT2D eigenvalue weighted by molar-refractivity contribution is -0.116. The fourth-order valence-electron chi connectivity index (χ4n) is 2.27. The standard InChI is InChI=1S/C17H19ClINO3P/c18-16-8-14(6-7-17(16)19)9-20-10-15(21)12-24(22,23)11-13-4-2-1-3-5-13/h1-8,20,22-23H,9-12H2/q+1. The topological polar surface area (TPSA) is 69.6 Å². The summed E-state index contributed by atoms with van der Waals surface area (Å²) >= 11 is 8.21. The summed E-state index contributed by atoms with van der Waals surface area (Å²) in [5.74, 6) is -0.208. The number of hydrogen-bond donors (Lipinski definition) is 3. The van der Waals surface area contributed by atoms with Crippen molar-refractivity contribution in [2.45, 2.75) is 12.7 Å². The van der Waals surface area contributed by atoms with Gasteiger partial charge < -0.3 is 5.32 Å². The molecular formula is C17H19ClINO3P+. The number of Topliss-reactive ketones (excluding diaryl/α,β-unsaturated/α-hetero) is 1. The fraction of sp³-hybridized carbons (Fsp3) is 0.235. The lowest BCUT2D eigenvalue weighted by atomic mass is 10.2. The van der Waals surface area contributed by atoms with Crippen molar-refractivity contribution in [3.8, 4) is 0 Å². The first-order valence-electron chi connectivity index (χ1n) is 7.38. The van der Waals surface area contributed by atoms with Crippen LogP contribution in [0.2, 0.25) is 5.02 Å². The van der Waals surface area contributed by atoms with Crippen LogP contribution in [0.5, 0.6) is 0 Å². The summed E-state index contributed by atoms with van der Waals surface area (Å²) in [5, 5.41) is 3.70. The van der Waals surface area contributed by atoms with Crippen molar-refractivity contribution in [2.24, 2.45) is 0 Å². The molecule has 0 spiro atoms. The van der Waals surface area contributed by atoms with E-state index in [1.807, 2.05) is 48.5 Å². The van der Waals surface area contributed by atoms with E-state index in [1.165, 1.54) is 0 Å². The van der Waals surface area contributed by atoms with Gasteiger partial charge in [0.15, 0.2) is 11.9 Å². The number of rotatable bonds is 8. The Morgan fingerprint density at radius 3 is 2.50 bits per heavy atom. The third-order valence-electron chi connectivity index (χ3n) is 3.34. The maximum atomic E-state index is 12.0.